The summed E-state index contributed by atoms with van der Waals surface area (Å²) in [5.41, 5.74) is -1.08. The normalized spacial score (nSPS) is 25.8. The topological polar surface area (TPSA) is 155 Å². The van der Waals surface area contributed by atoms with Gasteiger partial charge >= 0.3 is 6.16 Å². The lowest BCUT2D eigenvalue weighted by molar-refractivity contribution is -0.0877. The van der Waals surface area contributed by atoms with Crippen molar-refractivity contribution in [2.75, 3.05) is 20.7 Å². The van der Waals surface area contributed by atoms with Gasteiger partial charge in [0, 0.05) is 14.1 Å². The fraction of sp³-hybridized carbons (Fsp3) is 0.526. The Kier molecular flexibility index (Phi) is 6.40. The van der Waals surface area contributed by atoms with Crippen molar-refractivity contribution in [3.05, 3.63) is 24.2 Å². The summed E-state index contributed by atoms with van der Waals surface area (Å²) in [6.07, 6.45) is -2.81. The van der Waals surface area contributed by atoms with E-state index in [2.05, 4.69) is 15.1 Å². The highest BCUT2D eigenvalue weighted by molar-refractivity contribution is 5.71. The molecule has 4 atom stereocenters. The zero-order valence-electron chi connectivity index (χ0n) is 17.5. The van der Waals surface area contributed by atoms with Crippen molar-refractivity contribution in [1.29, 1.82) is 5.26 Å². The number of aliphatic imine (C=N–C) groups is 1. The summed E-state index contributed by atoms with van der Waals surface area (Å²) >= 11 is 0. The Hall–Kier alpha value is -3.27. The molecule has 0 amide bonds. The zero-order chi connectivity index (χ0) is 22.8. The highest BCUT2D eigenvalue weighted by Crippen LogP contribution is 2.41. The number of aliphatic hydroxyl groups excluding tert-OH is 2. The second-order valence-electron chi connectivity index (χ2n) is 7.53. The Morgan fingerprint density at radius 3 is 2.87 bits per heavy atom. The summed E-state index contributed by atoms with van der Waals surface area (Å²) < 4.78 is 17.0. The lowest BCUT2D eigenvalue weighted by Crippen LogP contribution is -2.46. The van der Waals surface area contributed by atoms with Crippen LogP contribution < -0.4 is 0 Å². The molecule has 0 bridgehead atoms. The molecule has 0 saturated carbocycles. The number of rotatable bonds is 6. The van der Waals surface area contributed by atoms with Crippen molar-refractivity contribution in [1.82, 2.24) is 19.5 Å². The van der Waals surface area contributed by atoms with Crippen molar-refractivity contribution in [3.8, 4) is 6.07 Å². The van der Waals surface area contributed by atoms with Crippen LogP contribution in [0.5, 0.6) is 0 Å². The van der Waals surface area contributed by atoms with E-state index in [4.69, 9.17) is 14.2 Å². The molecule has 3 rings (SSSR count). The third-order valence-corrected chi connectivity index (χ3v) is 4.54. The number of aliphatic hydroxyl groups is 2. The Balaban J connectivity index is 1.88. The number of ether oxygens (including phenoxy) is 3. The van der Waals surface area contributed by atoms with Crippen LogP contribution >= 0.6 is 0 Å². The van der Waals surface area contributed by atoms with E-state index in [1.165, 1.54) is 10.8 Å². The average molecular weight is 432 g/mol. The van der Waals surface area contributed by atoms with Gasteiger partial charge in [0.1, 0.15) is 42.8 Å². The molecular formula is C19H24N6O6. The average Bonchev–Trinajstić information content (AvgIpc) is 3.25. The minimum absolute atomic E-state index is 0.368. The number of aromatic nitrogens is 3. The fourth-order valence-corrected chi connectivity index (χ4v) is 3.11. The number of nitrogens with zero attached hydrogens (tertiary/aromatic N) is 6. The second kappa shape index (κ2) is 8.84. The molecule has 2 aromatic heterocycles. The molecule has 2 N–H and O–H groups in total. The Bertz CT molecular complexity index is 1010. The van der Waals surface area contributed by atoms with Gasteiger partial charge in [-0.2, -0.15) is 10.4 Å². The molecule has 166 valence electrons. The molecule has 1 aliphatic rings. The van der Waals surface area contributed by atoms with Gasteiger partial charge in [0.15, 0.2) is 5.82 Å². The molecule has 12 heteroatoms. The van der Waals surface area contributed by atoms with E-state index in [0.29, 0.717) is 17.0 Å². The van der Waals surface area contributed by atoms with Crippen LogP contribution in [0.4, 0.5) is 10.6 Å². The first kappa shape index (κ1) is 22.4. The van der Waals surface area contributed by atoms with E-state index >= 15 is 0 Å². The lowest BCUT2D eigenvalue weighted by atomic mass is 9.96. The van der Waals surface area contributed by atoms with Crippen molar-refractivity contribution in [2.45, 2.75) is 43.9 Å². The molecule has 0 aliphatic carbocycles. The first-order valence-electron chi connectivity index (χ1n) is 9.50. The highest BCUT2D eigenvalue weighted by atomic mass is 16.7. The summed E-state index contributed by atoms with van der Waals surface area (Å²) in [5.74, 6) is 0.384. The van der Waals surface area contributed by atoms with Crippen LogP contribution in [0.15, 0.2) is 23.5 Å². The van der Waals surface area contributed by atoms with Crippen molar-refractivity contribution >= 4 is 23.8 Å². The summed E-state index contributed by atoms with van der Waals surface area (Å²) in [6, 6.07) is 5.12. The zero-order valence-corrected chi connectivity index (χ0v) is 17.5. The lowest BCUT2D eigenvalue weighted by Gasteiger charge is -2.23. The molecule has 12 nitrogen and oxygen atoms in total. The van der Waals surface area contributed by atoms with E-state index in [1.54, 1.807) is 37.2 Å². The van der Waals surface area contributed by atoms with Gasteiger partial charge in [-0.15, -0.1) is 0 Å². The molecular weight excluding hydrogens is 408 g/mol. The van der Waals surface area contributed by atoms with Crippen molar-refractivity contribution in [2.24, 2.45) is 4.99 Å². The Morgan fingerprint density at radius 1 is 1.48 bits per heavy atom. The molecule has 1 aliphatic heterocycles. The SMILES string of the molecule is CC(C)OC(=O)OC[C@@]1(C#N)O[C@@H](c2ccc3c(N=CN(C)C)ncnn23)[C@H](O)[C@@H]1O. The standard InChI is InChI=1S/C19H24N6O6/c1-11(2)30-18(28)29-8-19(7-20)16(27)14(26)15(31-19)12-5-6-13-17(22-10-24(3)4)21-9-23-25(12)13/h5-6,9-11,14-16,26-27H,8H2,1-4H3/t14-,15-,16-,19+/m0/s1. The summed E-state index contributed by atoms with van der Waals surface area (Å²) in [4.78, 5) is 21.9. The quantitative estimate of drug-likeness (QED) is 0.376. The molecule has 0 spiro atoms. The maximum absolute atomic E-state index is 11.7. The van der Waals surface area contributed by atoms with Gasteiger partial charge in [0.25, 0.3) is 0 Å². The van der Waals surface area contributed by atoms with Crippen LogP contribution in [0.3, 0.4) is 0 Å². The number of nitriles is 1. The van der Waals surface area contributed by atoms with Crippen molar-refractivity contribution in [3.63, 3.8) is 0 Å². The van der Waals surface area contributed by atoms with Crippen LogP contribution in [-0.2, 0) is 14.2 Å². The number of hydrogen-bond donors (Lipinski definition) is 2. The molecule has 0 unspecified atom stereocenters. The predicted molar refractivity (Wildman–Crippen MR) is 107 cm³/mol. The molecule has 0 aromatic carbocycles. The predicted octanol–water partition coefficient (Wildman–Crippen LogP) is 0.568. The maximum Gasteiger partial charge on any atom is 0.508 e. The van der Waals surface area contributed by atoms with E-state index in [0.717, 1.165) is 0 Å². The van der Waals surface area contributed by atoms with Gasteiger partial charge in [-0.1, -0.05) is 0 Å². The second-order valence-corrected chi connectivity index (χ2v) is 7.53. The molecule has 0 radical (unpaired) electrons. The third-order valence-electron chi connectivity index (χ3n) is 4.54. The van der Waals surface area contributed by atoms with Gasteiger partial charge in [-0.25, -0.2) is 19.3 Å². The maximum atomic E-state index is 11.7. The van der Waals surface area contributed by atoms with E-state index in [1.807, 2.05) is 20.2 Å². The monoisotopic (exact) mass is 432 g/mol. The van der Waals surface area contributed by atoms with Crippen LogP contribution in [0.2, 0.25) is 0 Å². The summed E-state index contributed by atoms with van der Waals surface area (Å²) in [5, 5.41) is 35.0. The fourth-order valence-electron chi connectivity index (χ4n) is 3.11. The van der Waals surface area contributed by atoms with Gasteiger partial charge in [-0.05, 0) is 26.0 Å². The number of carbonyl (C=O) groups excluding carboxylic acids is 1. The van der Waals surface area contributed by atoms with Gasteiger partial charge in [0.2, 0.25) is 5.60 Å². The Labute approximate surface area is 178 Å². The van der Waals surface area contributed by atoms with Crippen LogP contribution in [0.1, 0.15) is 25.6 Å². The Morgan fingerprint density at radius 2 is 2.23 bits per heavy atom. The van der Waals surface area contributed by atoms with Crippen LogP contribution in [-0.4, -0.2) is 86.8 Å². The number of carbonyl (C=O) groups is 1. The third kappa shape index (κ3) is 4.43. The molecule has 2 aromatic rings. The van der Waals surface area contributed by atoms with Crippen molar-refractivity contribution < 1.29 is 29.2 Å². The van der Waals surface area contributed by atoms with Gasteiger partial charge in [0.05, 0.1) is 18.1 Å². The van der Waals surface area contributed by atoms with Crippen LogP contribution in [0.25, 0.3) is 5.52 Å². The smallest absolute Gasteiger partial charge is 0.432 e. The highest BCUT2D eigenvalue weighted by Gasteiger charge is 2.57. The van der Waals surface area contributed by atoms with E-state index < -0.39 is 42.8 Å². The number of fused-ring (bicyclic) bond motifs is 1. The first-order chi connectivity index (χ1) is 14.7. The minimum atomic E-state index is -1.98. The first-order valence-corrected chi connectivity index (χ1v) is 9.50. The van der Waals surface area contributed by atoms with E-state index in [-0.39, 0.29) is 0 Å². The summed E-state index contributed by atoms with van der Waals surface area (Å²) in [6.45, 7) is 2.65. The molecule has 3 heterocycles. The van der Waals surface area contributed by atoms with Gasteiger partial charge < -0.3 is 29.3 Å². The van der Waals surface area contributed by atoms with Gasteiger partial charge in [-0.3, -0.25) is 0 Å². The summed E-state index contributed by atoms with van der Waals surface area (Å²) in [7, 11) is 3.63. The number of hydrogen-bond acceptors (Lipinski definition) is 10. The molecule has 1 saturated heterocycles. The van der Waals surface area contributed by atoms with Crippen LogP contribution in [0, 0.1) is 11.3 Å². The molecule has 1 fully saturated rings. The van der Waals surface area contributed by atoms with E-state index in [9.17, 15) is 20.3 Å². The minimum Gasteiger partial charge on any atom is -0.432 e. The largest absolute Gasteiger partial charge is 0.508 e. The molecule has 31 heavy (non-hydrogen) atoms.